The minimum atomic E-state index is -0.141. The van der Waals surface area contributed by atoms with Crippen LogP contribution in [0, 0.1) is 5.92 Å². The molecular weight excluding hydrogens is 358 g/mol. The van der Waals surface area contributed by atoms with Crippen molar-refractivity contribution in [2.75, 3.05) is 46.4 Å². The Balaban J connectivity index is 1.52. The summed E-state index contributed by atoms with van der Waals surface area (Å²) in [5.41, 5.74) is 1.14. The Bertz CT molecular complexity index is 711. The number of ether oxygens (including phenoxy) is 1. The number of hydrogen-bond donors (Lipinski definition) is 0. The number of carbonyl (C=O) groups is 3. The van der Waals surface area contributed by atoms with E-state index in [2.05, 4.69) is 0 Å². The van der Waals surface area contributed by atoms with Crippen LogP contribution in [0.2, 0.25) is 0 Å². The first kappa shape index (κ1) is 20.2. The van der Waals surface area contributed by atoms with Crippen molar-refractivity contribution in [2.45, 2.75) is 26.2 Å². The predicted octanol–water partition coefficient (Wildman–Crippen LogP) is 1.17. The van der Waals surface area contributed by atoms with Crippen molar-refractivity contribution < 1.29 is 19.1 Å². The second-order valence-corrected chi connectivity index (χ2v) is 7.50. The van der Waals surface area contributed by atoms with Gasteiger partial charge in [-0.15, -0.1) is 0 Å². The van der Waals surface area contributed by atoms with E-state index in [0.29, 0.717) is 52.1 Å². The molecule has 152 valence electrons. The van der Waals surface area contributed by atoms with Gasteiger partial charge in [-0.1, -0.05) is 12.1 Å². The summed E-state index contributed by atoms with van der Waals surface area (Å²) in [6.07, 6.45) is 1.80. The SMILES string of the molecule is COc1ccc(CCN2C[C@H](C(=O)N3CCN(C(C)=O)CC3)CCC2=O)cc1. The van der Waals surface area contributed by atoms with E-state index in [9.17, 15) is 14.4 Å². The van der Waals surface area contributed by atoms with E-state index in [1.807, 2.05) is 34.1 Å². The molecule has 3 rings (SSSR count). The third-order valence-electron chi connectivity index (χ3n) is 5.72. The number of piperazine rings is 1. The highest BCUT2D eigenvalue weighted by atomic mass is 16.5. The largest absolute Gasteiger partial charge is 0.497 e. The van der Waals surface area contributed by atoms with Gasteiger partial charge in [0.05, 0.1) is 13.0 Å². The molecule has 28 heavy (non-hydrogen) atoms. The highest BCUT2D eigenvalue weighted by Crippen LogP contribution is 2.21. The Hall–Kier alpha value is -2.57. The summed E-state index contributed by atoms with van der Waals surface area (Å²) < 4.78 is 5.17. The molecule has 0 saturated carbocycles. The number of benzene rings is 1. The highest BCUT2D eigenvalue weighted by Gasteiger charge is 2.33. The molecule has 0 spiro atoms. The fraction of sp³-hybridized carbons (Fsp3) is 0.571. The molecule has 7 heteroatoms. The normalized spacial score (nSPS) is 20.3. The van der Waals surface area contributed by atoms with Crippen LogP contribution >= 0.6 is 0 Å². The zero-order chi connectivity index (χ0) is 20.1. The van der Waals surface area contributed by atoms with Gasteiger partial charge in [-0.05, 0) is 30.5 Å². The van der Waals surface area contributed by atoms with Gasteiger partial charge in [0, 0.05) is 52.6 Å². The van der Waals surface area contributed by atoms with Crippen molar-refractivity contribution in [3.05, 3.63) is 29.8 Å². The van der Waals surface area contributed by atoms with Crippen molar-refractivity contribution in [3.8, 4) is 5.75 Å². The molecule has 2 fully saturated rings. The lowest BCUT2D eigenvalue weighted by Crippen LogP contribution is -2.54. The average molecular weight is 387 g/mol. The lowest BCUT2D eigenvalue weighted by atomic mass is 9.95. The number of piperidine rings is 1. The quantitative estimate of drug-likeness (QED) is 0.760. The van der Waals surface area contributed by atoms with Gasteiger partial charge in [0.1, 0.15) is 5.75 Å². The summed E-state index contributed by atoms with van der Waals surface area (Å²) in [5.74, 6) is 0.968. The molecule has 0 aliphatic carbocycles. The molecule has 0 bridgehead atoms. The Morgan fingerprint density at radius 3 is 2.32 bits per heavy atom. The van der Waals surface area contributed by atoms with E-state index in [0.717, 1.165) is 17.7 Å². The van der Waals surface area contributed by atoms with Crippen LogP contribution in [-0.4, -0.2) is 78.8 Å². The molecule has 7 nitrogen and oxygen atoms in total. The first-order chi connectivity index (χ1) is 13.5. The maximum Gasteiger partial charge on any atom is 0.227 e. The molecule has 0 radical (unpaired) electrons. The molecule has 0 aromatic heterocycles. The van der Waals surface area contributed by atoms with E-state index in [-0.39, 0.29) is 23.6 Å². The summed E-state index contributed by atoms with van der Waals surface area (Å²) >= 11 is 0. The Morgan fingerprint density at radius 1 is 1.07 bits per heavy atom. The van der Waals surface area contributed by atoms with Crippen molar-refractivity contribution >= 4 is 17.7 Å². The molecule has 0 N–H and O–H groups in total. The number of likely N-dealkylation sites (tertiary alicyclic amines) is 1. The molecule has 3 amide bonds. The van der Waals surface area contributed by atoms with Crippen molar-refractivity contribution in [3.63, 3.8) is 0 Å². The molecule has 2 heterocycles. The van der Waals surface area contributed by atoms with Crippen LogP contribution in [0.5, 0.6) is 5.75 Å². The number of nitrogens with zero attached hydrogens (tertiary/aromatic N) is 3. The Labute approximate surface area is 166 Å². The van der Waals surface area contributed by atoms with Crippen molar-refractivity contribution in [1.29, 1.82) is 0 Å². The molecule has 1 aromatic carbocycles. The summed E-state index contributed by atoms with van der Waals surface area (Å²) in [6, 6.07) is 7.84. The lowest BCUT2D eigenvalue weighted by Gasteiger charge is -2.38. The van der Waals surface area contributed by atoms with Crippen molar-refractivity contribution in [2.24, 2.45) is 5.92 Å². The third-order valence-corrected chi connectivity index (χ3v) is 5.72. The van der Waals surface area contributed by atoms with Gasteiger partial charge in [-0.3, -0.25) is 14.4 Å². The fourth-order valence-corrected chi connectivity index (χ4v) is 3.89. The second kappa shape index (κ2) is 9.08. The first-order valence-electron chi connectivity index (χ1n) is 9.93. The van der Waals surface area contributed by atoms with Crippen LogP contribution in [0.4, 0.5) is 0 Å². The summed E-state index contributed by atoms with van der Waals surface area (Å²) in [4.78, 5) is 42.1. The van der Waals surface area contributed by atoms with E-state index in [1.54, 1.807) is 18.9 Å². The van der Waals surface area contributed by atoms with Gasteiger partial charge in [0.15, 0.2) is 0 Å². The van der Waals surface area contributed by atoms with Crippen LogP contribution in [0.25, 0.3) is 0 Å². The minimum Gasteiger partial charge on any atom is -0.497 e. The maximum absolute atomic E-state index is 12.9. The van der Waals surface area contributed by atoms with E-state index in [4.69, 9.17) is 4.74 Å². The Kier molecular flexibility index (Phi) is 6.54. The first-order valence-corrected chi connectivity index (χ1v) is 9.93. The zero-order valence-electron chi connectivity index (χ0n) is 16.7. The second-order valence-electron chi connectivity index (χ2n) is 7.50. The van der Waals surface area contributed by atoms with Gasteiger partial charge >= 0.3 is 0 Å². The molecular formula is C21H29N3O4. The third kappa shape index (κ3) is 4.82. The zero-order valence-corrected chi connectivity index (χ0v) is 16.7. The summed E-state index contributed by atoms with van der Waals surface area (Å²) in [7, 11) is 1.64. The van der Waals surface area contributed by atoms with Crippen molar-refractivity contribution in [1.82, 2.24) is 14.7 Å². The highest BCUT2D eigenvalue weighted by molar-refractivity contribution is 5.84. The van der Waals surface area contributed by atoms with E-state index < -0.39 is 0 Å². The lowest BCUT2D eigenvalue weighted by molar-refractivity contribution is -0.146. The number of carbonyl (C=O) groups excluding carboxylic acids is 3. The summed E-state index contributed by atoms with van der Waals surface area (Å²) in [5, 5.41) is 0. The topological polar surface area (TPSA) is 70.2 Å². The summed E-state index contributed by atoms with van der Waals surface area (Å²) in [6.45, 7) is 5.00. The molecule has 2 saturated heterocycles. The van der Waals surface area contributed by atoms with Crippen LogP contribution < -0.4 is 4.74 Å². The van der Waals surface area contributed by atoms with Gasteiger partial charge in [0.2, 0.25) is 17.7 Å². The molecule has 1 atom stereocenters. The number of hydrogen-bond acceptors (Lipinski definition) is 4. The molecule has 0 unspecified atom stereocenters. The van der Waals surface area contributed by atoms with E-state index in [1.165, 1.54) is 0 Å². The fourth-order valence-electron chi connectivity index (χ4n) is 3.89. The Morgan fingerprint density at radius 2 is 1.71 bits per heavy atom. The smallest absolute Gasteiger partial charge is 0.227 e. The van der Waals surface area contributed by atoms with Gasteiger partial charge < -0.3 is 19.4 Å². The maximum atomic E-state index is 12.9. The predicted molar refractivity (Wildman–Crippen MR) is 105 cm³/mol. The molecule has 1 aromatic rings. The van der Waals surface area contributed by atoms with Crippen LogP contribution in [0.3, 0.4) is 0 Å². The number of amides is 3. The van der Waals surface area contributed by atoms with Crippen LogP contribution in [-0.2, 0) is 20.8 Å². The van der Waals surface area contributed by atoms with Gasteiger partial charge in [0.25, 0.3) is 0 Å². The number of rotatable bonds is 5. The van der Waals surface area contributed by atoms with Gasteiger partial charge in [-0.25, -0.2) is 0 Å². The monoisotopic (exact) mass is 387 g/mol. The minimum absolute atomic E-state index is 0.0556. The molecule has 2 aliphatic rings. The van der Waals surface area contributed by atoms with Crippen LogP contribution in [0.1, 0.15) is 25.3 Å². The number of methoxy groups -OCH3 is 1. The average Bonchev–Trinajstić information content (AvgIpc) is 2.73. The van der Waals surface area contributed by atoms with Gasteiger partial charge in [-0.2, -0.15) is 0 Å². The molecule has 2 aliphatic heterocycles. The van der Waals surface area contributed by atoms with E-state index >= 15 is 0 Å². The standard InChI is InChI=1S/C21H29N3O4/c1-16(25)22-11-13-23(14-12-22)21(27)18-5-8-20(26)24(15-18)10-9-17-3-6-19(28-2)7-4-17/h3-4,6-7,18H,5,8-15H2,1-2H3/t18-/m1/s1. The van der Waals surface area contributed by atoms with Crippen LogP contribution in [0.15, 0.2) is 24.3 Å².